The summed E-state index contributed by atoms with van der Waals surface area (Å²) in [4.78, 5) is 0.966. The van der Waals surface area contributed by atoms with Crippen LogP contribution in [0, 0.1) is 0 Å². The van der Waals surface area contributed by atoms with Gasteiger partial charge in [0.05, 0.1) is 14.9 Å². The second-order valence-corrected chi connectivity index (χ2v) is 6.12. The van der Waals surface area contributed by atoms with Crippen molar-refractivity contribution >= 4 is 46.0 Å². The van der Waals surface area contributed by atoms with E-state index in [4.69, 9.17) is 23.8 Å². The molecule has 1 aromatic heterocycles. The lowest BCUT2D eigenvalue weighted by molar-refractivity contribution is 0.791. The molecule has 104 valence electrons. The van der Waals surface area contributed by atoms with Gasteiger partial charge in [-0.3, -0.25) is 10.9 Å². The third-order valence-electron chi connectivity index (χ3n) is 2.49. The molecule has 0 amide bonds. The molecule has 0 unspecified atom stereocenters. The van der Waals surface area contributed by atoms with Crippen LogP contribution in [0.1, 0.15) is 10.4 Å². The molecule has 6 heteroatoms. The summed E-state index contributed by atoms with van der Waals surface area (Å²) in [5.41, 5.74) is 7.74. The Balaban J connectivity index is 1.74. The minimum absolute atomic E-state index is 0.512. The summed E-state index contributed by atoms with van der Waals surface area (Å²) in [5, 5.41) is 3.62. The van der Waals surface area contributed by atoms with E-state index in [9.17, 15) is 0 Å². The number of hydrogen-bond donors (Lipinski definition) is 3. The summed E-state index contributed by atoms with van der Waals surface area (Å²) in [7, 11) is 0. The van der Waals surface area contributed by atoms with Gasteiger partial charge in [0.2, 0.25) is 0 Å². The van der Waals surface area contributed by atoms with E-state index < -0.39 is 0 Å². The maximum absolute atomic E-state index is 5.88. The van der Waals surface area contributed by atoms with Crippen molar-refractivity contribution in [3.05, 3.63) is 63.8 Å². The normalized spacial score (nSPS) is 9.85. The van der Waals surface area contributed by atoms with Crippen molar-refractivity contribution in [1.29, 1.82) is 0 Å². The number of rotatable bonds is 5. The van der Waals surface area contributed by atoms with Gasteiger partial charge >= 0.3 is 0 Å². The first-order chi connectivity index (χ1) is 9.65. The highest BCUT2D eigenvalue weighted by molar-refractivity contribution is 7.80. The van der Waals surface area contributed by atoms with Crippen LogP contribution in [-0.4, -0.2) is 5.11 Å². The summed E-state index contributed by atoms with van der Waals surface area (Å²) in [6, 6.07) is 13.8. The van der Waals surface area contributed by atoms with Gasteiger partial charge in [0.25, 0.3) is 0 Å². The molecule has 0 fully saturated rings. The van der Waals surface area contributed by atoms with Gasteiger partial charge in [-0.15, -0.1) is 11.3 Å². The van der Waals surface area contributed by atoms with E-state index in [1.54, 1.807) is 0 Å². The Morgan fingerprint density at radius 1 is 1.15 bits per heavy atom. The lowest BCUT2D eigenvalue weighted by Crippen LogP contribution is -2.42. The first kappa shape index (κ1) is 14.8. The second-order valence-electron chi connectivity index (χ2n) is 4.00. The third kappa shape index (κ3) is 4.52. The first-order valence-electron chi connectivity index (χ1n) is 5.93. The lowest BCUT2D eigenvalue weighted by Gasteiger charge is -2.13. The van der Waals surface area contributed by atoms with Crippen LogP contribution in [-0.2, 0) is 6.54 Å². The largest absolute Gasteiger partial charge is 0.357 e. The van der Waals surface area contributed by atoms with Gasteiger partial charge in [-0.1, -0.05) is 48.5 Å². The smallest absolute Gasteiger partial charge is 0.185 e. The van der Waals surface area contributed by atoms with Crippen molar-refractivity contribution in [3.63, 3.8) is 0 Å². The molecule has 1 heterocycles. The highest BCUT2D eigenvalue weighted by Gasteiger charge is 2.02. The molecule has 0 saturated carbocycles. The zero-order chi connectivity index (χ0) is 14.4. The third-order valence-corrected chi connectivity index (χ3v) is 4.03. The number of halogens is 1. The van der Waals surface area contributed by atoms with Crippen LogP contribution in [0.3, 0.4) is 0 Å². The summed E-state index contributed by atoms with van der Waals surface area (Å²) >= 11 is 12.5. The van der Waals surface area contributed by atoms with Crippen molar-refractivity contribution < 1.29 is 0 Å². The molecule has 0 radical (unpaired) electrons. The quantitative estimate of drug-likeness (QED) is 0.581. The Morgan fingerprint density at radius 2 is 1.90 bits per heavy atom. The van der Waals surface area contributed by atoms with Gasteiger partial charge in [0, 0.05) is 6.54 Å². The van der Waals surface area contributed by atoms with E-state index in [2.05, 4.69) is 22.7 Å². The van der Waals surface area contributed by atoms with Crippen molar-refractivity contribution in [3.8, 4) is 0 Å². The predicted molar refractivity (Wildman–Crippen MR) is 90.5 cm³/mol. The van der Waals surface area contributed by atoms with E-state index in [1.165, 1.54) is 16.9 Å². The molecule has 0 aliphatic rings. The average Bonchev–Trinajstić information content (AvgIpc) is 2.90. The second kappa shape index (κ2) is 7.28. The molecule has 0 saturated heterocycles. The van der Waals surface area contributed by atoms with Gasteiger partial charge < -0.3 is 5.32 Å². The van der Waals surface area contributed by atoms with Gasteiger partial charge in [0.15, 0.2) is 5.11 Å². The number of benzene rings is 1. The monoisotopic (exact) mass is 323 g/mol. The van der Waals surface area contributed by atoms with Gasteiger partial charge in [-0.25, -0.2) is 0 Å². The molecule has 0 atom stereocenters. The molecule has 20 heavy (non-hydrogen) atoms. The molecule has 3 nitrogen and oxygen atoms in total. The number of thiophene rings is 1. The van der Waals surface area contributed by atoms with Gasteiger partial charge in [-0.05, 0) is 29.9 Å². The molecule has 2 aromatic rings. The topological polar surface area (TPSA) is 36.1 Å². The number of thiocarbonyl (C=S) groups is 1. The van der Waals surface area contributed by atoms with Crippen molar-refractivity contribution in [2.45, 2.75) is 6.54 Å². The molecule has 0 bridgehead atoms. The van der Waals surface area contributed by atoms with E-state index in [1.807, 2.05) is 42.5 Å². The summed E-state index contributed by atoms with van der Waals surface area (Å²) < 4.78 is 0.729. The van der Waals surface area contributed by atoms with E-state index in [0.29, 0.717) is 11.7 Å². The Hall–Kier alpha value is -1.56. The van der Waals surface area contributed by atoms with Crippen LogP contribution in [0.2, 0.25) is 4.34 Å². The van der Waals surface area contributed by atoms with E-state index in [-0.39, 0.29) is 0 Å². The minimum Gasteiger partial charge on any atom is -0.357 e. The van der Waals surface area contributed by atoms with Crippen LogP contribution in [0.4, 0.5) is 0 Å². The molecule has 3 N–H and O–H groups in total. The Labute approximate surface area is 132 Å². The van der Waals surface area contributed by atoms with E-state index >= 15 is 0 Å². The fourth-order valence-electron chi connectivity index (χ4n) is 1.49. The van der Waals surface area contributed by atoms with Crippen molar-refractivity contribution in [1.82, 2.24) is 16.2 Å². The molecular weight excluding hydrogens is 310 g/mol. The number of hydrogen-bond acceptors (Lipinski definition) is 3. The van der Waals surface area contributed by atoms with Crippen LogP contribution in [0.5, 0.6) is 0 Å². The summed E-state index contributed by atoms with van der Waals surface area (Å²) in [6.07, 6.45) is 0. The molecule has 2 rings (SSSR count). The summed E-state index contributed by atoms with van der Waals surface area (Å²) in [5.74, 6) is 0. The molecule has 0 aliphatic heterocycles. The Kier molecular flexibility index (Phi) is 5.40. The Bertz CT molecular complexity index is 595. The fourth-order valence-corrected chi connectivity index (χ4v) is 2.58. The highest BCUT2D eigenvalue weighted by Crippen LogP contribution is 2.24. The predicted octanol–water partition coefficient (Wildman–Crippen LogP) is 3.54. The van der Waals surface area contributed by atoms with Crippen molar-refractivity contribution in [2.24, 2.45) is 0 Å². The zero-order valence-electron chi connectivity index (χ0n) is 10.7. The van der Waals surface area contributed by atoms with Crippen LogP contribution < -0.4 is 16.2 Å². The Morgan fingerprint density at radius 3 is 2.55 bits per heavy atom. The van der Waals surface area contributed by atoms with Gasteiger partial charge in [-0.2, -0.15) is 0 Å². The molecule has 1 aromatic carbocycles. The maximum atomic E-state index is 5.88. The van der Waals surface area contributed by atoms with Crippen molar-refractivity contribution in [2.75, 3.05) is 0 Å². The van der Waals surface area contributed by atoms with E-state index in [0.717, 1.165) is 14.9 Å². The summed E-state index contributed by atoms with van der Waals surface area (Å²) in [6.45, 7) is 4.59. The highest BCUT2D eigenvalue weighted by atomic mass is 35.5. The molecular formula is C14H14ClN3S2. The lowest BCUT2D eigenvalue weighted by atomic mass is 10.2. The van der Waals surface area contributed by atoms with Crippen LogP contribution >= 0.6 is 35.2 Å². The minimum atomic E-state index is 0.512. The van der Waals surface area contributed by atoms with Crippen LogP contribution in [0.25, 0.3) is 5.70 Å². The standard InChI is InChI=1S/C14H14ClN3S2/c1-10(12-7-8-13(15)20-12)17-18-14(19)16-9-11-5-3-2-4-6-11/h2-8,17H,1,9H2,(H2,16,18,19). The zero-order valence-corrected chi connectivity index (χ0v) is 13.0. The maximum Gasteiger partial charge on any atom is 0.185 e. The average molecular weight is 324 g/mol. The first-order valence-corrected chi connectivity index (χ1v) is 7.54. The molecule has 0 spiro atoms. The SMILES string of the molecule is C=C(NNC(=S)NCc1ccccc1)c1ccc(Cl)s1. The fraction of sp³-hybridized carbons (Fsp3) is 0.0714. The number of hydrazine groups is 1. The van der Waals surface area contributed by atoms with Crippen LogP contribution in [0.15, 0.2) is 49.0 Å². The number of nitrogens with one attached hydrogen (secondary N) is 3. The molecule has 0 aliphatic carbocycles. The van der Waals surface area contributed by atoms with Gasteiger partial charge in [0.1, 0.15) is 0 Å².